The largest absolute Gasteiger partial charge is 0.391 e. The van der Waals surface area contributed by atoms with Crippen LogP contribution in [-0.4, -0.2) is 36.9 Å². The standard InChI is InChI=1S/C26H33NO3/c28-25(17-21-8-9-22-5-1-2-6-23(22)15-21)18-27-26(29)24-7-3-4-20(16-24)14-19-10-12-30-13-11-19/h1-7,16,19,21,25,28H,8-15,17-18H2,(H,27,29). The predicted molar refractivity (Wildman–Crippen MR) is 119 cm³/mol. The zero-order valence-corrected chi connectivity index (χ0v) is 17.7. The molecular formula is C26H33NO3. The predicted octanol–water partition coefficient (Wildman–Crippen LogP) is 3.94. The lowest BCUT2D eigenvalue weighted by molar-refractivity contribution is 0.0665. The van der Waals surface area contributed by atoms with E-state index in [0.717, 1.165) is 58.2 Å². The van der Waals surface area contributed by atoms with Crippen molar-refractivity contribution in [2.45, 2.75) is 51.0 Å². The van der Waals surface area contributed by atoms with Crippen LogP contribution in [-0.2, 0) is 24.0 Å². The van der Waals surface area contributed by atoms with Crippen LogP contribution in [0.5, 0.6) is 0 Å². The summed E-state index contributed by atoms with van der Waals surface area (Å²) in [6.07, 6.45) is 6.62. The maximum Gasteiger partial charge on any atom is 0.251 e. The van der Waals surface area contributed by atoms with Gasteiger partial charge in [-0.1, -0.05) is 36.4 Å². The number of hydrogen-bond donors (Lipinski definition) is 2. The summed E-state index contributed by atoms with van der Waals surface area (Å²) in [6.45, 7) is 1.99. The van der Waals surface area contributed by atoms with E-state index in [0.29, 0.717) is 23.9 Å². The molecule has 1 amide bonds. The zero-order valence-electron chi connectivity index (χ0n) is 17.7. The molecule has 2 unspecified atom stereocenters. The van der Waals surface area contributed by atoms with Crippen molar-refractivity contribution in [3.8, 4) is 0 Å². The first-order valence-corrected chi connectivity index (χ1v) is 11.4. The van der Waals surface area contributed by atoms with E-state index in [2.05, 4.69) is 35.6 Å². The minimum atomic E-state index is -0.505. The number of fused-ring (bicyclic) bond motifs is 1. The van der Waals surface area contributed by atoms with Crippen LogP contribution in [0.15, 0.2) is 48.5 Å². The summed E-state index contributed by atoms with van der Waals surface area (Å²) in [6, 6.07) is 16.5. The number of aryl methyl sites for hydroxylation is 1. The van der Waals surface area contributed by atoms with Crippen LogP contribution < -0.4 is 5.32 Å². The second-order valence-corrected chi connectivity index (χ2v) is 8.94. The van der Waals surface area contributed by atoms with Gasteiger partial charge in [-0.05, 0) is 85.6 Å². The number of aliphatic hydroxyl groups excluding tert-OH is 1. The third kappa shape index (κ3) is 5.71. The van der Waals surface area contributed by atoms with Gasteiger partial charge in [0.2, 0.25) is 0 Å². The van der Waals surface area contributed by atoms with Gasteiger partial charge in [0.15, 0.2) is 0 Å². The van der Waals surface area contributed by atoms with Crippen molar-refractivity contribution < 1.29 is 14.6 Å². The van der Waals surface area contributed by atoms with Gasteiger partial charge in [-0.3, -0.25) is 4.79 Å². The molecule has 4 heteroatoms. The molecule has 0 bridgehead atoms. The van der Waals surface area contributed by atoms with Crippen LogP contribution in [0.2, 0.25) is 0 Å². The lowest BCUT2D eigenvalue weighted by Gasteiger charge is -2.26. The van der Waals surface area contributed by atoms with Gasteiger partial charge in [0.05, 0.1) is 6.10 Å². The van der Waals surface area contributed by atoms with Gasteiger partial charge in [-0.2, -0.15) is 0 Å². The third-order valence-electron chi connectivity index (χ3n) is 6.61. The average Bonchev–Trinajstić information content (AvgIpc) is 2.78. The molecule has 160 valence electrons. The molecule has 2 aliphatic rings. The number of amides is 1. The van der Waals surface area contributed by atoms with Gasteiger partial charge in [-0.15, -0.1) is 0 Å². The molecule has 2 atom stereocenters. The van der Waals surface area contributed by atoms with Crippen LogP contribution >= 0.6 is 0 Å². The number of hydrogen-bond acceptors (Lipinski definition) is 3. The van der Waals surface area contributed by atoms with Crippen LogP contribution in [0.25, 0.3) is 0 Å². The Balaban J connectivity index is 1.24. The molecule has 1 saturated heterocycles. The lowest BCUT2D eigenvalue weighted by atomic mass is 9.81. The van der Waals surface area contributed by atoms with Crippen molar-refractivity contribution in [1.29, 1.82) is 0 Å². The molecule has 1 aliphatic heterocycles. The number of carbonyl (C=O) groups is 1. The average molecular weight is 408 g/mol. The maximum absolute atomic E-state index is 12.6. The summed E-state index contributed by atoms with van der Waals surface area (Å²) in [5, 5.41) is 13.4. The number of aliphatic hydroxyl groups is 1. The summed E-state index contributed by atoms with van der Waals surface area (Å²) in [7, 11) is 0. The Kier molecular flexibility index (Phi) is 7.19. The summed E-state index contributed by atoms with van der Waals surface area (Å²) in [5.41, 5.74) is 4.73. The van der Waals surface area contributed by atoms with E-state index in [1.807, 2.05) is 18.2 Å². The molecule has 4 rings (SSSR count). The highest BCUT2D eigenvalue weighted by atomic mass is 16.5. The number of nitrogens with one attached hydrogen (secondary N) is 1. The van der Waals surface area contributed by atoms with E-state index in [-0.39, 0.29) is 5.91 Å². The first-order valence-electron chi connectivity index (χ1n) is 11.4. The Morgan fingerprint density at radius 3 is 2.67 bits per heavy atom. The quantitative estimate of drug-likeness (QED) is 0.731. The summed E-state index contributed by atoms with van der Waals surface area (Å²) in [5.74, 6) is 1.02. The fraction of sp³-hybridized carbons (Fsp3) is 0.500. The van der Waals surface area contributed by atoms with E-state index < -0.39 is 6.10 Å². The van der Waals surface area contributed by atoms with Crippen LogP contribution in [0, 0.1) is 11.8 Å². The summed E-state index contributed by atoms with van der Waals surface area (Å²) >= 11 is 0. The van der Waals surface area contributed by atoms with Crippen molar-refractivity contribution in [3.05, 3.63) is 70.8 Å². The molecule has 1 heterocycles. The molecule has 0 saturated carbocycles. The van der Waals surface area contributed by atoms with Gasteiger partial charge in [-0.25, -0.2) is 0 Å². The number of carbonyl (C=O) groups excluding carboxylic acids is 1. The Bertz CT molecular complexity index is 844. The minimum absolute atomic E-state index is 0.100. The molecule has 2 N–H and O–H groups in total. The molecule has 2 aromatic carbocycles. The summed E-state index contributed by atoms with van der Waals surface area (Å²) < 4.78 is 5.44. The maximum atomic E-state index is 12.6. The molecule has 1 aliphatic carbocycles. The first-order chi connectivity index (χ1) is 14.7. The lowest BCUT2D eigenvalue weighted by Crippen LogP contribution is -2.34. The topological polar surface area (TPSA) is 58.6 Å². The van der Waals surface area contributed by atoms with Crippen LogP contribution in [0.4, 0.5) is 0 Å². The Hall–Kier alpha value is -2.17. The number of benzene rings is 2. The van der Waals surface area contributed by atoms with Gasteiger partial charge in [0.25, 0.3) is 5.91 Å². The van der Waals surface area contributed by atoms with E-state index in [9.17, 15) is 9.90 Å². The van der Waals surface area contributed by atoms with Gasteiger partial charge in [0.1, 0.15) is 0 Å². The smallest absolute Gasteiger partial charge is 0.251 e. The Labute approximate surface area is 179 Å². The van der Waals surface area contributed by atoms with E-state index in [4.69, 9.17) is 4.74 Å². The molecule has 2 aromatic rings. The highest BCUT2D eigenvalue weighted by molar-refractivity contribution is 5.94. The van der Waals surface area contributed by atoms with Crippen molar-refractivity contribution in [3.63, 3.8) is 0 Å². The van der Waals surface area contributed by atoms with Crippen molar-refractivity contribution in [2.24, 2.45) is 11.8 Å². The second-order valence-electron chi connectivity index (χ2n) is 8.94. The highest BCUT2D eigenvalue weighted by Gasteiger charge is 2.21. The molecule has 1 fully saturated rings. The van der Waals surface area contributed by atoms with E-state index >= 15 is 0 Å². The SMILES string of the molecule is O=C(NCC(O)CC1CCc2ccccc2C1)c1cccc(CC2CCOCC2)c1. The molecular weight excluding hydrogens is 374 g/mol. The third-order valence-corrected chi connectivity index (χ3v) is 6.61. The van der Waals surface area contributed by atoms with Crippen molar-refractivity contribution in [2.75, 3.05) is 19.8 Å². The normalized spacial score (nSPS) is 20.4. The zero-order chi connectivity index (χ0) is 20.8. The Morgan fingerprint density at radius 2 is 1.83 bits per heavy atom. The fourth-order valence-corrected chi connectivity index (χ4v) is 4.88. The van der Waals surface area contributed by atoms with Crippen LogP contribution in [0.3, 0.4) is 0 Å². The van der Waals surface area contributed by atoms with Gasteiger partial charge in [0, 0.05) is 25.3 Å². The van der Waals surface area contributed by atoms with E-state index in [1.165, 1.54) is 16.7 Å². The molecule has 4 nitrogen and oxygen atoms in total. The van der Waals surface area contributed by atoms with Crippen molar-refractivity contribution in [1.82, 2.24) is 5.32 Å². The molecule has 0 radical (unpaired) electrons. The molecule has 0 aromatic heterocycles. The van der Waals surface area contributed by atoms with Gasteiger partial charge >= 0.3 is 0 Å². The minimum Gasteiger partial charge on any atom is -0.391 e. The second kappa shape index (κ2) is 10.2. The number of rotatable bonds is 7. The number of ether oxygens (including phenoxy) is 1. The highest BCUT2D eigenvalue weighted by Crippen LogP contribution is 2.28. The van der Waals surface area contributed by atoms with E-state index in [1.54, 1.807) is 0 Å². The van der Waals surface area contributed by atoms with Crippen LogP contribution in [0.1, 0.15) is 52.7 Å². The Morgan fingerprint density at radius 1 is 1.03 bits per heavy atom. The monoisotopic (exact) mass is 407 g/mol. The van der Waals surface area contributed by atoms with Crippen molar-refractivity contribution >= 4 is 5.91 Å². The summed E-state index contributed by atoms with van der Waals surface area (Å²) in [4.78, 5) is 12.6. The molecule has 0 spiro atoms. The molecule has 30 heavy (non-hydrogen) atoms. The van der Waals surface area contributed by atoms with Gasteiger partial charge < -0.3 is 15.2 Å². The first kappa shape index (κ1) is 21.1. The fourth-order valence-electron chi connectivity index (χ4n) is 4.88.